The zero-order valence-corrected chi connectivity index (χ0v) is 6.83. The molecule has 6 heteroatoms. The maximum absolute atomic E-state index is 5.45. The fourth-order valence-electron chi connectivity index (χ4n) is 1.01. The second kappa shape index (κ2) is 3.28. The molecular formula is C7H8N6. The van der Waals surface area contributed by atoms with Crippen LogP contribution in [0.15, 0.2) is 24.5 Å². The molecule has 66 valence electrons. The van der Waals surface area contributed by atoms with Crippen molar-refractivity contribution in [3.8, 4) is 5.69 Å². The number of hydrogen-bond donors (Lipinski definition) is 1. The Hall–Kier alpha value is -1.82. The molecule has 0 atom stereocenters. The normalized spacial score (nSPS) is 10.2. The molecule has 2 heterocycles. The lowest BCUT2D eigenvalue weighted by Crippen LogP contribution is -2.07. The van der Waals surface area contributed by atoms with E-state index in [1.54, 1.807) is 17.1 Å². The average Bonchev–Trinajstić information content (AvgIpc) is 2.67. The van der Waals surface area contributed by atoms with Crippen LogP contribution in [0.2, 0.25) is 0 Å². The van der Waals surface area contributed by atoms with E-state index in [9.17, 15) is 0 Å². The molecule has 0 saturated heterocycles. The van der Waals surface area contributed by atoms with Crippen molar-refractivity contribution in [3.05, 3.63) is 30.4 Å². The second-order valence-corrected chi connectivity index (χ2v) is 2.42. The summed E-state index contributed by atoms with van der Waals surface area (Å²) in [5, 5.41) is 11.1. The largest absolute Gasteiger partial charge is 0.324 e. The molecule has 0 fully saturated rings. The van der Waals surface area contributed by atoms with Crippen molar-refractivity contribution in [3.63, 3.8) is 0 Å². The fraction of sp³-hybridized carbons (Fsp3) is 0.143. The molecule has 6 nitrogen and oxygen atoms in total. The van der Waals surface area contributed by atoms with Gasteiger partial charge in [-0.15, -0.1) is 5.10 Å². The summed E-state index contributed by atoms with van der Waals surface area (Å²) in [6.07, 6.45) is 3.37. The zero-order chi connectivity index (χ0) is 9.10. The Morgan fingerprint density at radius 3 is 3.08 bits per heavy atom. The third-order valence-corrected chi connectivity index (χ3v) is 1.61. The SMILES string of the molecule is NCc1nnnn1-c1cccnc1. The minimum atomic E-state index is 0.307. The maximum atomic E-state index is 5.45. The standard InChI is InChI=1S/C7H8N6/c8-4-7-10-11-12-13(7)6-2-1-3-9-5-6/h1-3,5H,4,8H2. The van der Waals surface area contributed by atoms with Crippen LogP contribution in [0.5, 0.6) is 0 Å². The molecule has 0 amide bonds. The Balaban J connectivity index is 2.47. The lowest BCUT2D eigenvalue weighted by Gasteiger charge is -2.00. The predicted molar refractivity (Wildman–Crippen MR) is 44.8 cm³/mol. The highest BCUT2D eigenvalue weighted by Gasteiger charge is 2.04. The van der Waals surface area contributed by atoms with Crippen molar-refractivity contribution < 1.29 is 0 Å². The van der Waals surface area contributed by atoms with E-state index in [4.69, 9.17) is 5.73 Å². The summed E-state index contributed by atoms with van der Waals surface area (Å²) in [6.45, 7) is 0.307. The van der Waals surface area contributed by atoms with E-state index in [-0.39, 0.29) is 0 Å². The Morgan fingerprint density at radius 1 is 1.46 bits per heavy atom. The highest BCUT2D eigenvalue weighted by Crippen LogP contribution is 2.03. The van der Waals surface area contributed by atoms with Crippen molar-refractivity contribution in [2.75, 3.05) is 0 Å². The van der Waals surface area contributed by atoms with E-state index >= 15 is 0 Å². The number of hydrogen-bond acceptors (Lipinski definition) is 5. The first-order chi connectivity index (χ1) is 6.42. The first-order valence-electron chi connectivity index (χ1n) is 3.79. The Labute approximate surface area is 74.4 Å². The molecule has 2 rings (SSSR count). The fourth-order valence-corrected chi connectivity index (χ4v) is 1.01. The monoisotopic (exact) mass is 176 g/mol. The van der Waals surface area contributed by atoms with Crippen molar-refractivity contribution in [2.45, 2.75) is 6.54 Å². The van der Waals surface area contributed by atoms with Crippen LogP contribution in [-0.4, -0.2) is 25.2 Å². The molecule has 0 radical (unpaired) electrons. The molecule has 0 unspecified atom stereocenters. The van der Waals surface area contributed by atoms with Gasteiger partial charge in [0.25, 0.3) is 0 Å². The van der Waals surface area contributed by atoms with Gasteiger partial charge in [0.15, 0.2) is 5.82 Å². The van der Waals surface area contributed by atoms with Crippen LogP contribution in [0.3, 0.4) is 0 Å². The van der Waals surface area contributed by atoms with Crippen LogP contribution in [0.4, 0.5) is 0 Å². The summed E-state index contributed by atoms with van der Waals surface area (Å²) in [4.78, 5) is 3.96. The quantitative estimate of drug-likeness (QED) is 0.668. The number of nitrogens with two attached hydrogens (primary N) is 1. The van der Waals surface area contributed by atoms with Crippen molar-refractivity contribution in [1.29, 1.82) is 0 Å². The van der Waals surface area contributed by atoms with Gasteiger partial charge in [0.05, 0.1) is 18.4 Å². The van der Waals surface area contributed by atoms with Gasteiger partial charge < -0.3 is 5.73 Å². The van der Waals surface area contributed by atoms with Crippen LogP contribution >= 0.6 is 0 Å². The van der Waals surface area contributed by atoms with Crippen molar-refractivity contribution in [1.82, 2.24) is 25.2 Å². The van der Waals surface area contributed by atoms with E-state index in [1.165, 1.54) is 0 Å². The smallest absolute Gasteiger partial charge is 0.170 e. The van der Waals surface area contributed by atoms with Gasteiger partial charge in [0, 0.05) is 6.20 Å². The van der Waals surface area contributed by atoms with Gasteiger partial charge in [-0.05, 0) is 22.6 Å². The van der Waals surface area contributed by atoms with Gasteiger partial charge in [-0.3, -0.25) is 4.98 Å². The highest BCUT2D eigenvalue weighted by molar-refractivity contribution is 5.26. The lowest BCUT2D eigenvalue weighted by molar-refractivity contribution is 0.758. The Bertz CT molecular complexity index is 381. The predicted octanol–water partition coefficient (Wildman–Crippen LogP) is -0.484. The van der Waals surface area contributed by atoms with Gasteiger partial charge in [-0.1, -0.05) is 0 Å². The summed E-state index contributed by atoms with van der Waals surface area (Å²) >= 11 is 0. The minimum absolute atomic E-state index is 0.307. The summed E-state index contributed by atoms with van der Waals surface area (Å²) in [6, 6.07) is 3.68. The van der Waals surface area contributed by atoms with Crippen LogP contribution in [0.25, 0.3) is 5.69 Å². The third-order valence-electron chi connectivity index (χ3n) is 1.61. The number of aromatic nitrogens is 5. The third kappa shape index (κ3) is 1.38. The van der Waals surface area contributed by atoms with Crippen molar-refractivity contribution >= 4 is 0 Å². The topological polar surface area (TPSA) is 82.5 Å². The Morgan fingerprint density at radius 2 is 2.38 bits per heavy atom. The molecule has 2 aromatic heterocycles. The first kappa shape index (κ1) is 7.81. The van der Waals surface area contributed by atoms with Gasteiger partial charge >= 0.3 is 0 Å². The summed E-state index contributed by atoms with van der Waals surface area (Å²) in [5.74, 6) is 0.619. The molecule has 2 N–H and O–H groups in total. The molecule has 13 heavy (non-hydrogen) atoms. The van der Waals surface area contributed by atoms with Crippen LogP contribution < -0.4 is 5.73 Å². The van der Waals surface area contributed by atoms with E-state index in [1.807, 2.05) is 12.1 Å². The molecular weight excluding hydrogens is 168 g/mol. The Kier molecular flexibility index (Phi) is 1.97. The summed E-state index contributed by atoms with van der Waals surface area (Å²) in [7, 11) is 0. The van der Waals surface area contributed by atoms with Gasteiger partial charge in [0.1, 0.15) is 0 Å². The number of nitrogens with zero attached hydrogens (tertiary/aromatic N) is 5. The highest BCUT2D eigenvalue weighted by atomic mass is 15.5. The average molecular weight is 176 g/mol. The van der Waals surface area contributed by atoms with E-state index in [2.05, 4.69) is 20.5 Å². The molecule has 0 aliphatic heterocycles. The molecule has 0 aliphatic rings. The lowest BCUT2D eigenvalue weighted by atomic mass is 10.4. The second-order valence-electron chi connectivity index (χ2n) is 2.42. The van der Waals surface area contributed by atoms with Gasteiger partial charge in [-0.2, -0.15) is 4.68 Å². The van der Waals surface area contributed by atoms with E-state index < -0.39 is 0 Å². The molecule has 0 bridgehead atoms. The molecule has 2 aromatic rings. The van der Waals surface area contributed by atoms with Gasteiger partial charge in [-0.25, -0.2) is 0 Å². The molecule has 0 aliphatic carbocycles. The number of tetrazole rings is 1. The zero-order valence-electron chi connectivity index (χ0n) is 6.83. The van der Waals surface area contributed by atoms with Crippen molar-refractivity contribution in [2.24, 2.45) is 5.73 Å². The number of rotatable bonds is 2. The summed E-state index contributed by atoms with van der Waals surface area (Å²) < 4.78 is 1.56. The van der Waals surface area contributed by atoms with Crippen LogP contribution in [0, 0.1) is 0 Å². The molecule has 0 aromatic carbocycles. The molecule has 0 saturated carbocycles. The first-order valence-corrected chi connectivity index (χ1v) is 3.79. The van der Waals surface area contributed by atoms with Crippen LogP contribution in [-0.2, 0) is 6.54 Å². The molecule has 0 spiro atoms. The van der Waals surface area contributed by atoms with Gasteiger partial charge in [0.2, 0.25) is 0 Å². The van der Waals surface area contributed by atoms with E-state index in [0.29, 0.717) is 12.4 Å². The number of pyridine rings is 1. The van der Waals surface area contributed by atoms with Crippen LogP contribution in [0.1, 0.15) is 5.82 Å². The summed E-state index contributed by atoms with van der Waals surface area (Å²) in [5.41, 5.74) is 6.26. The minimum Gasteiger partial charge on any atom is -0.324 e. The maximum Gasteiger partial charge on any atom is 0.170 e. The van der Waals surface area contributed by atoms with E-state index in [0.717, 1.165) is 5.69 Å².